The summed E-state index contributed by atoms with van der Waals surface area (Å²) < 4.78 is 5.35. The van der Waals surface area contributed by atoms with Crippen LogP contribution in [-0.2, 0) is 9.53 Å². The first kappa shape index (κ1) is 15.3. The fourth-order valence-corrected chi connectivity index (χ4v) is 2.32. The van der Waals surface area contributed by atoms with Crippen LogP contribution in [0, 0.1) is 6.92 Å². The van der Waals surface area contributed by atoms with E-state index in [0.717, 1.165) is 11.6 Å². The van der Waals surface area contributed by atoms with E-state index in [4.69, 9.17) is 9.84 Å². The largest absolute Gasteiger partial charge is 0.478 e. The van der Waals surface area contributed by atoms with E-state index in [9.17, 15) is 9.59 Å². The molecule has 5 nitrogen and oxygen atoms in total. The summed E-state index contributed by atoms with van der Waals surface area (Å²) in [5.74, 6) is -1.04. The number of nitrogens with zero attached hydrogens (tertiary/aromatic N) is 1. The molecule has 1 amide bonds. The van der Waals surface area contributed by atoms with Crippen molar-refractivity contribution in [3.05, 3.63) is 41.0 Å². The van der Waals surface area contributed by atoms with Crippen molar-refractivity contribution in [2.75, 3.05) is 19.8 Å². The predicted octanol–water partition coefficient (Wildman–Crippen LogP) is 1.95. The van der Waals surface area contributed by atoms with Crippen molar-refractivity contribution in [1.82, 2.24) is 4.90 Å². The SMILES string of the molecule is Cc1ccc(C=CC(=O)O)cc1C(=O)N1CCOCC1C. The first-order chi connectivity index (χ1) is 9.99. The van der Waals surface area contributed by atoms with Gasteiger partial charge in [0.1, 0.15) is 0 Å². The van der Waals surface area contributed by atoms with Gasteiger partial charge in [-0.2, -0.15) is 0 Å². The monoisotopic (exact) mass is 289 g/mol. The van der Waals surface area contributed by atoms with Crippen LogP contribution >= 0.6 is 0 Å². The van der Waals surface area contributed by atoms with Gasteiger partial charge in [0.05, 0.1) is 19.3 Å². The minimum Gasteiger partial charge on any atom is -0.478 e. The molecule has 2 rings (SSSR count). The van der Waals surface area contributed by atoms with Crippen molar-refractivity contribution in [1.29, 1.82) is 0 Å². The van der Waals surface area contributed by atoms with E-state index in [1.54, 1.807) is 17.0 Å². The molecule has 1 fully saturated rings. The second-order valence-corrected chi connectivity index (χ2v) is 5.17. The van der Waals surface area contributed by atoms with Crippen molar-refractivity contribution in [3.63, 3.8) is 0 Å². The van der Waals surface area contributed by atoms with Crippen LogP contribution in [0.3, 0.4) is 0 Å². The molecule has 1 unspecified atom stereocenters. The van der Waals surface area contributed by atoms with E-state index in [-0.39, 0.29) is 11.9 Å². The Labute approximate surface area is 123 Å². The lowest BCUT2D eigenvalue weighted by molar-refractivity contribution is -0.131. The topological polar surface area (TPSA) is 66.8 Å². The normalized spacial score (nSPS) is 19.0. The van der Waals surface area contributed by atoms with Gasteiger partial charge in [0.2, 0.25) is 0 Å². The molecular weight excluding hydrogens is 270 g/mol. The van der Waals surface area contributed by atoms with Gasteiger partial charge < -0.3 is 14.7 Å². The van der Waals surface area contributed by atoms with Gasteiger partial charge in [-0.05, 0) is 37.1 Å². The Hall–Kier alpha value is -2.14. The summed E-state index contributed by atoms with van der Waals surface area (Å²) in [5, 5.41) is 8.67. The highest BCUT2D eigenvalue weighted by Gasteiger charge is 2.25. The molecule has 1 heterocycles. The summed E-state index contributed by atoms with van der Waals surface area (Å²) in [7, 11) is 0. The maximum Gasteiger partial charge on any atom is 0.328 e. The van der Waals surface area contributed by atoms with Crippen LogP contribution in [0.15, 0.2) is 24.3 Å². The average Bonchev–Trinajstić information content (AvgIpc) is 2.46. The number of carbonyl (C=O) groups is 2. The fraction of sp³-hybridized carbons (Fsp3) is 0.375. The zero-order valence-corrected chi connectivity index (χ0v) is 12.2. The second-order valence-electron chi connectivity index (χ2n) is 5.17. The number of hydrogen-bond donors (Lipinski definition) is 1. The molecule has 21 heavy (non-hydrogen) atoms. The quantitative estimate of drug-likeness (QED) is 0.864. The first-order valence-corrected chi connectivity index (χ1v) is 6.89. The Kier molecular flexibility index (Phi) is 4.75. The number of carboxylic acid groups (broad SMARTS) is 1. The van der Waals surface area contributed by atoms with E-state index in [2.05, 4.69) is 0 Å². The summed E-state index contributed by atoms with van der Waals surface area (Å²) in [6.07, 6.45) is 2.55. The van der Waals surface area contributed by atoms with Gasteiger partial charge in [-0.15, -0.1) is 0 Å². The molecule has 0 saturated carbocycles. The van der Waals surface area contributed by atoms with E-state index in [0.29, 0.717) is 30.9 Å². The maximum absolute atomic E-state index is 12.7. The van der Waals surface area contributed by atoms with E-state index >= 15 is 0 Å². The molecule has 1 N–H and O–H groups in total. The molecule has 1 aliphatic heterocycles. The van der Waals surface area contributed by atoms with Crippen molar-refractivity contribution in [2.45, 2.75) is 19.9 Å². The molecule has 0 spiro atoms. The lowest BCUT2D eigenvalue weighted by Gasteiger charge is -2.33. The number of carboxylic acids is 1. The lowest BCUT2D eigenvalue weighted by atomic mass is 10.0. The minimum absolute atomic E-state index is 0.0334. The first-order valence-electron chi connectivity index (χ1n) is 6.89. The van der Waals surface area contributed by atoms with Gasteiger partial charge in [-0.1, -0.05) is 12.1 Å². The molecule has 1 aromatic rings. The zero-order chi connectivity index (χ0) is 15.4. The number of morpholine rings is 1. The van der Waals surface area contributed by atoms with Gasteiger partial charge in [0.15, 0.2) is 0 Å². The maximum atomic E-state index is 12.7. The van der Waals surface area contributed by atoms with Crippen LogP contribution in [0.2, 0.25) is 0 Å². The molecule has 112 valence electrons. The molecule has 0 aliphatic carbocycles. The highest BCUT2D eigenvalue weighted by molar-refractivity contribution is 5.96. The molecular formula is C16H19NO4. The fourth-order valence-electron chi connectivity index (χ4n) is 2.32. The van der Waals surface area contributed by atoms with Gasteiger partial charge >= 0.3 is 5.97 Å². The summed E-state index contributed by atoms with van der Waals surface area (Å²) >= 11 is 0. The number of aryl methyl sites for hydroxylation is 1. The lowest BCUT2D eigenvalue weighted by Crippen LogP contribution is -2.47. The zero-order valence-electron chi connectivity index (χ0n) is 12.2. The summed E-state index contributed by atoms with van der Waals surface area (Å²) in [6, 6.07) is 5.41. The van der Waals surface area contributed by atoms with Crippen molar-refractivity contribution in [2.24, 2.45) is 0 Å². The van der Waals surface area contributed by atoms with E-state index in [1.807, 2.05) is 19.9 Å². The standard InChI is InChI=1S/C16H19NO4/c1-11-3-4-13(5-6-15(18)19)9-14(11)16(20)17-7-8-21-10-12(17)2/h3-6,9,12H,7-8,10H2,1-2H3,(H,18,19). The molecule has 1 aliphatic rings. The molecule has 5 heteroatoms. The van der Waals surface area contributed by atoms with Crippen molar-refractivity contribution < 1.29 is 19.4 Å². The number of rotatable bonds is 3. The van der Waals surface area contributed by atoms with Crippen LogP contribution < -0.4 is 0 Å². The second kappa shape index (κ2) is 6.54. The Bertz CT molecular complexity index is 580. The van der Waals surface area contributed by atoms with Gasteiger partial charge in [0.25, 0.3) is 5.91 Å². The summed E-state index contributed by atoms with van der Waals surface area (Å²) in [6.45, 7) is 5.51. The van der Waals surface area contributed by atoms with Crippen LogP contribution in [0.1, 0.15) is 28.4 Å². The number of carbonyl (C=O) groups excluding carboxylic acids is 1. The number of amides is 1. The van der Waals surface area contributed by atoms with Crippen LogP contribution in [0.25, 0.3) is 6.08 Å². The van der Waals surface area contributed by atoms with Gasteiger partial charge in [0, 0.05) is 18.2 Å². The van der Waals surface area contributed by atoms with E-state index < -0.39 is 5.97 Å². The Morgan fingerprint density at radius 2 is 2.19 bits per heavy atom. The van der Waals surface area contributed by atoms with Crippen LogP contribution in [-0.4, -0.2) is 47.7 Å². The third kappa shape index (κ3) is 3.70. The number of aliphatic carboxylic acids is 1. The highest BCUT2D eigenvalue weighted by atomic mass is 16.5. The van der Waals surface area contributed by atoms with Gasteiger partial charge in [-0.25, -0.2) is 4.79 Å². The minimum atomic E-state index is -1.01. The predicted molar refractivity (Wildman–Crippen MR) is 79.2 cm³/mol. The molecule has 1 atom stereocenters. The number of hydrogen-bond acceptors (Lipinski definition) is 3. The molecule has 0 bridgehead atoms. The Balaban J connectivity index is 2.27. The van der Waals surface area contributed by atoms with Crippen LogP contribution in [0.5, 0.6) is 0 Å². The van der Waals surface area contributed by atoms with Crippen molar-refractivity contribution in [3.8, 4) is 0 Å². The smallest absolute Gasteiger partial charge is 0.328 e. The number of ether oxygens (including phenoxy) is 1. The van der Waals surface area contributed by atoms with Crippen LogP contribution in [0.4, 0.5) is 0 Å². The average molecular weight is 289 g/mol. The summed E-state index contributed by atoms with van der Waals surface area (Å²) in [5.41, 5.74) is 2.19. The third-order valence-electron chi connectivity index (χ3n) is 3.54. The Morgan fingerprint density at radius 1 is 1.43 bits per heavy atom. The Morgan fingerprint density at radius 3 is 2.86 bits per heavy atom. The van der Waals surface area contributed by atoms with Gasteiger partial charge in [-0.3, -0.25) is 4.79 Å². The van der Waals surface area contributed by atoms with Crippen molar-refractivity contribution >= 4 is 18.0 Å². The molecule has 0 aromatic heterocycles. The summed E-state index contributed by atoms with van der Waals surface area (Å²) in [4.78, 5) is 25.0. The third-order valence-corrected chi connectivity index (χ3v) is 3.54. The molecule has 1 aromatic carbocycles. The number of benzene rings is 1. The molecule has 0 radical (unpaired) electrons. The molecule has 1 saturated heterocycles. The van der Waals surface area contributed by atoms with E-state index in [1.165, 1.54) is 6.08 Å². The highest BCUT2D eigenvalue weighted by Crippen LogP contribution is 2.18.